The smallest absolute Gasteiger partial charge is 0.108 e. The van der Waals surface area contributed by atoms with Gasteiger partial charge in [0.15, 0.2) is 0 Å². The predicted molar refractivity (Wildman–Crippen MR) is 66.4 cm³/mol. The highest BCUT2D eigenvalue weighted by Crippen LogP contribution is 2.35. The molecule has 3 nitrogen and oxygen atoms in total. The topological polar surface area (TPSA) is 29.9 Å². The van der Waals surface area contributed by atoms with Crippen LogP contribution in [0.25, 0.3) is 0 Å². The van der Waals surface area contributed by atoms with E-state index in [0.29, 0.717) is 0 Å². The van der Waals surface area contributed by atoms with Gasteiger partial charge in [-0.1, -0.05) is 6.92 Å². The Morgan fingerprint density at radius 1 is 1.38 bits per heavy atom. The van der Waals surface area contributed by atoms with Crippen molar-refractivity contribution >= 4 is 0 Å². The molecular formula is C13H23N3. The van der Waals surface area contributed by atoms with Crippen LogP contribution in [0.2, 0.25) is 0 Å². The van der Waals surface area contributed by atoms with Gasteiger partial charge in [0.1, 0.15) is 5.82 Å². The first-order valence-electron chi connectivity index (χ1n) is 6.55. The third-order valence-corrected chi connectivity index (χ3v) is 3.82. The molecule has 0 aliphatic heterocycles. The number of hydrogen-bond donors (Lipinski definition) is 1. The standard InChI is InChI=1S/C13H23N3/c1-3-14-10-12-6-5-11(12)9-13-15-7-8-16(13)4-2/h7-8,11-12,14H,3-6,9-10H2,1-2H3. The monoisotopic (exact) mass is 221 g/mol. The van der Waals surface area contributed by atoms with Gasteiger partial charge in [-0.25, -0.2) is 4.98 Å². The summed E-state index contributed by atoms with van der Waals surface area (Å²) in [7, 11) is 0. The van der Waals surface area contributed by atoms with E-state index in [1.54, 1.807) is 0 Å². The van der Waals surface area contributed by atoms with Gasteiger partial charge in [-0.15, -0.1) is 0 Å². The summed E-state index contributed by atoms with van der Waals surface area (Å²) >= 11 is 0. The first kappa shape index (κ1) is 11.6. The van der Waals surface area contributed by atoms with Crippen LogP contribution in [0, 0.1) is 11.8 Å². The average molecular weight is 221 g/mol. The lowest BCUT2D eigenvalue weighted by atomic mass is 9.71. The third kappa shape index (κ3) is 2.46. The number of rotatable bonds is 6. The van der Waals surface area contributed by atoms with Crippen LogP contribution in [0.4, 0.5) is 0 Å². The van der Waals surface area contributed by atoms with E-state index in [1.807, 2.05) is 6.20 Å². The summed E-state index contributed by atoms with van der Waals surface area (Å²) in [6.45, 7) is 7.68. The largest absolute Gasteiger partial charge is 0.335 e. The van der Waals surface area contributed by atoms with Crippen LogP contribution >= 0.6 is 0 Å². The summed E-state index contributed by atoms with van der Waals surface area (Å²) < 4.78 is 2.27. The minimum Gasteiger partial charge on any atom is -0.335 e. The maximum Gasteiger partial charge on any atom is 0.108 e. The van der Waals surface area contributed by atoms with Crippen LogP contribution in [-0.2, 0) is 13.0 Å². The highest BCUT2D eigenvalue weighted by Gasteiger charge is 2.31. The van der Waals surface area contributed by atoms with E-state index >= 15 is 0 Å². The van der Waals surface area contributed by atoms with Crippen LogP contribution in [0.1, 0.15) is 32.5 Å². The molecule has 0 bridgehead atoms. The Morgan fingerprint density at radius 2 is 2.19 bits per heavy atom. The molecule has 90 valence electrons. The van der Waals surface area contributed by atoms with Crippen molar-refractivity contribution in [2.24, 2.45) is 11.8 Å². The fourth-order valence-corrected chi connectivity index (χ4v) is 2.56. The van der Waals surface area contributed by atoms with Crippen molar-refractivity contribution in [3.05, 3.63) is 18.2 Å². The molecule has 0 saturated heterocycles. The first-order valence-corrected chi connectivity index (χ1v) is 6.55. The lowest BCUT2D eigenvalue weighted by molar-refractivity contribution is 0.168. The lowest BCUT2D eigenvalue weighted by Crippen LogP contribution is -2.36. The molecule has 2 atom stereocenters. The molecule has 2 unspecified atom stereocenters. The molecule has 0 radical (unpaired) electrons. The van der Waals surface area contributed by atoms with E-state index in [1.165, 1.54) is 25.2 Å². The number of aryl methyl sites for hydroxylation is 1. The summed E-state index contributed by atoms with van der Waals surface area (Å²) in [5.74, 6) is 3.00. The van der Waals surface area contributed by atoms with E-state index in [0.717, 1.165) is 31.3 Å². The number of hydrogen-bond acceptors (Lipinski definition) is 2. The normalized spacial score (nSPS) is 24.4. The molecule has 1 aliphatic rings. The first-order chi connectivity index (χ1) is 7.85. The van der Waals surface area contributed by atoms with Gasteiger partial charge in [0.25, 0.3) is 0 Å². The second-order valence-electron chi connectivity index (χ2n) is 4.74. The summed E-state index contributed by atoms with van der Waals surface area (Å²) in [6.07, 6.45) is 7.96. The van der Waals surface area contributed by atoms with Crippen LogP contribution in [-0.4, -0.2) is 22.6 Å². The molecule has 16 heavy (non-hydrogen) atoms. The summed E-state index contributed by atoms with van der Waals surface area (Å²) in [5, 5.41) is 3.46. The van der Waals surface area contributed by atoms with E-state index < -0.39 is 0 Å². The maximum absolute atomic E-state index is 4.47. The van der Waals surface area contributed by atoms with Gasteiger partial charge in [0.2, 0.25) is 0 Å². The van der Waals surface area contributed by atoms with Gasteiger partial charge in [-0.3, -0.25) is 0 Å². The summed E-state index contributed by atoms with van der Waals surface area (Å²) in [6, 6.07) is 0. The molecule has 1 aliphatic carbocycles. The van der Waals surface area contributed by atoms with Gasteiger partial charge in [0, 0.05) is 25.4 Å². The van der Waals surface area contributed by atoms with Crippen molar-refractivity contribution in [3.8, 4) is 0 Å². The van der Waals surface area contributed by atoms with Crippen molar-refractivity contribution in [3.63, 3.8) is 0 Å². The Hall–Kier alpha value is -0.830. The third-order valence-electron chi connectivity index (χ3n) is 3.82. The van der Waals surface area contributed by atoms with E-state index in [9.17, 15) is 0 Å². The molecule has 0 amide bonds. The van der Waals surface area contributed by atoms with Crippen LogP contribution in [0.15, 0.2) is 12.4 Å². The Bertz CT molecular complexity index is 319. The van der Waals surface area contributed by atoms with Crippen molar-refractivity contribution in [1.29, 1.82) is 0 Å². The highest BCUT2D eigenvalue weighted by atomic mass is 15.1. The minimum absolute atomic E-state index is 0.853. The zero-order valence-electron chi connectivity index (χ0n) is 10.4. The highest BCUT2D eigenvalue weighted by molar-refractivity contribution is 4.97. The number of nitrogens with zero attached hydrogens (tertiary/aromatic N) is 2. The van der Waals surface area contributed by atoms with Gasteiger partial charge in [-0.2, -0.15) is 0 Å². The Kier molecular flexibility index (Phi) is 3.99. The van der Waals surface area contributed by atoms with Crippen molar-refractivity contribution in [2.75, 3.05) is 13.1 Å². The van der Waals surface area contributed by atoms with E-state index in [-0.39, 0.29) is 0 Å². The second kappa shape index (κ2) is 5.48. The Labute approximate surface area is 98.3 Å². The van der Waals surface area contributed by atoms with E-state index in [2.05, 4.69) is 34.9 Å². The molecule has 1 aromatic heterocycles. The zero-order chi connectivity index (χ0) is 11.4. The molecule has 2 rings (SSSR count). The number of nitrogens with one attached hydrogen (secondary N) is 1. The minimum atomic E-state index is 0.853. The maximum atomic E-state index is 4.47. The molecule has 0 spiro atoms. The summed E-state index contributed by atoms with van der Waals surface area (Å²) in [5.41, 5.74) is 0. The van der Waals surface area contributed by atoms with Gasteiger partial charge in [-0.05, 0) is 44.7 Å². The molecule has 3 heteroatoms. The van der Waals surface area contributed by atoms with Crippen molar-refractivity contribution in [2.45, 2.75) is 39.7 Å². The molecule has 1 saturated carbocycles. The zero-order valence-corrected chi connectivity index (χ0v) is 10.4. The van der Waals surface area contributed by atoms with Gasteiger partial charge >= 0.3 is 0 Å². The molecule has 1 heterocycles. The molecule has 1 N–H and O–H groups in total. The number of aromatic nitrogens is 2. The molecule has 1 aromatic rings. The number of imidazole rings is 1. The van der Waals surface area contributed by atoms with Gasteiger partial charge in [0.05, 0.1) is 0 Å². The van der Waals surface area contributed by atoms with Crippen molar-refractivity contribution < 1.29 is 0 Å². The van der Waals surface area contributed by atoms with Gasteiger partial charge < -0.3 is 9.88 Å². The Balaban J connectivity index is 1.85. The lowest BCUT2D eigenvalue weighted by Gasteiger charge is -2.36. The molecule has 1 fully saturated rings. The summed E-state index contributed by atoms with van der Waals surface area (Å²) in [4.78, 5) is 4.47. The fourth-order valence-electron chi connectivity index (χ4n) is 2.56. The Morgan fingerprint density at radius 3 is 2.81 bits per heavy atom. The average Bonchev–Trinajstić information content (AvgIpc) is 2.72. The predicted octanol–water partition coefficient (Wildman–Crippen LogP) is 2.08. The van der Waals surface area contributed by atoms with Crippen molar-refractivity contribution in [1.82, 2.24) is 14.9 Å². The quantitative estimate of drug-likeness (QED) is 0.797. The van der Waals surface area contributed by atoms with Crippen LogP contribution in [0.5, 0.6) is 0 Å². The van der Waals surface area contributed by atoms with Crippen LogP contribution in [0.3, 0.4) is 0 Å². The second-order valence-corrected chi connectivity index (χ2v) is 4.74. The van der Waals surface area contributed by atoms with E-state index in [4.69, 9.17) is 0 Å². The van der Waals surface area contributed by atoms with Crippen LogP contribution < -0.4 is 5.32 Å². The molecule has 0 aromatic carbocycles. The SMILES string of the molecule is CCNCC1CCC1Cc1nccn1CC. The fraction of sp³-hybridized carbons (Fsp3) is 0.769. The molecular weight excluding hydrogens is 198 g/mol.